The van der Waals surface area contributed by atoms with Gasteiger partial charge in [0, 0.05) is 32.0 Å². The van der Waals surface area contributed by atoms with Crippen molar-refractivity contribution in [2.45, 2.75) is 13.0 Å². The SMILES string of the molecule is C[NH+]1CCN(Cc2ccc(OCCC(=O)[O-])cc2)CC1. The van der Waals surface area contributed by atoms with Crippen LogP contribution in [0, 0.1) is 0 Å². The largest absolute Gasteiger partial charge is 0.550 e. The molecule has 2 rings (SSSR count). The normalized spacial score (nSPS) is 17.1. The minimum absolute atomic E-state index is 0.0780. The summed E-state index contributed by atoms with van der Waals surface area (Å²) < 4.78 is 5.34. The number of rotatable bonds is 6. The summed E-state index contributed by atoms with van der Waals surface area (Å²) in [6.07, 6.45) is -0.0780. The van der Waals surface area contributed by atoms with E-state index in [-0.39, 0.29) is 13.0 Å². The molecular weight excluding hydrogens is 256 g/mol. The smallest absolute Gasteiger partial charge is 0.119 e. The molecule has 0 aromatic heterocycles. The van der Waals surface area contributed by atoms with Gasteiger partial charge in [0.1, 0.15) is 5.75 Å². The van der Waals surface area contributed by atoms with E-state index in [0.29, 0.717) is 5.75 Å². The molecule has 0 bridgehead atoms. The summed E-state index contributed by atoms with van der Waals surface area (Å²) in [4.78, 5) is 14.3. The molecule has 0 amide bonds. The molecule has 0 radical (unpaired) electrons. The molecule has 1 fully saturated rings. The van der Waals surface area contributed by atoms with Gasteiger partial charge < -0.3 is 19.5 Å². The molecule has 5 heteroatoms. The number of hydrogen-bond acceptors (Lipinski definition) is 4. The molecule has 1 heterocycles. The van der Waals surface area contributed by atoms with Crippen molar-refractivity contribution in [2.24, 2.45) is 0 Å². The van der Waals surface area contributed by atoms with Crippen LogP contribution < -0.4 is 14.7 Å². The van der Waals surface area contributed by atoms with Crippen LogP contribution >= 0.6 is 0 Å². The highest BCUT2D eigenvalue weighted by atomic mass is 16.5. The maximum atomic E-state index is 10.3. The molecule has 1 aromatic carbocycles. The third-order valence-corrected chi connectivity index (χ3v) is 3.61. The van der Waals surface area contributed by atoms with Crippen molar-refractivity contribution in [3.8, 4) is 5.75 Å². The molecule has 1 saturated heterocycles. The number of carboxylic acids is 1. The van der Waals surface area contributed by atoms with Crippen molar-refractivity contribution in [2.75, 3.05) is 39.8 Å². The molecule has 20 heavy (non-hydrogen) atoms. The fraction of sp³-hybridized carbons (Fsp3) is 0.533. The summed E-state index contributed by atoms with van der Waals surface area (Å²) in [6, 6.07) is 7.87. The number of quaternary nitrogens is 1. The molecule has 1 N–H and O–H groups in total. The quantitative estimate of drug-likeness (QED) is 0.691. The number of carboxylic acid groups (broad SMARTS) is 1. The number of likely N-dealkylation sites (N-methyl/N-ethyl adjacent to an activating group) is 1. The Labute approximate surface area is 119 Å². The predicted molar refractivity (Wildman–Crippen MR) is 73.5 cm³/mol. The lowest BCUT2D eigenvalue weighted by Gasteiger charge is -2.29. The number of ether oxygens (including phenoxy) is 1. The van der Waals surface area contributed by atoms with Gasteiger partial charge in [-0.05, 0) is 17.7 Å². The first-order chi connectivity index (χ1) is 9.63. The maximum absolute atomic E-state index is 10.3. The second-order valence-electron chi connectivity index (χ2n) is 5.35. The minimum Gasteiger partial charge on any atom is -0.550 e. The molecule has 0 saturated carbocycles. The Morgan fingerprint density at radius 2 is 1.95 bits per heavy atom. The summed E-state index contributed by atoms with van der Waals surface area (Å²) in [7, 11) is 2.23. The molecule has 1 aliphatic rings. The Balaban J connectivity index is 1.77. The third kappa shape index (κ3) is 4.83. The predicted octanol–water partition coefficient (Wildman–Crippen LogP) is -1.46. The van der Waals surface area contributed by atoms with Gasteiger partial charge in [-0.3, -0.25) is 4.90 Å². The van der Waals surface area contributed by atoms with Gasteiger partial charge >= 0.3 is 0 Å². The zero-order valence-electron chi connectivity index (χ0n) is 11.9. The van der Waals surface area contributed by atoms with Gasteiger partial charge in [0.05, 0.1) is 26.7 Å². The number of benzene rings is 1. The molecule has 1 aromatic rings. The second-order valence-corrected chi connectivity index (χ2v) is 5.35. The van der Waals surface area contributed by atoms with Gasteiger partial charge in [0.25, 0.3) is 0 Å². The van der Waals surface area contributed by atoms with E-state index in [1.807, 2.05) is 24.3 Å². The highest BCUT2D eigenvalue weighted by molar-refractivity contribution is 5.64. The third-order valence-electron chi connectivity index (χ3n) is 3.61. The average molecular weight is 278 g/mol. The van der Waals surface area contributed by atoms with E-state index in [1.54, 1.807) is 4.90 Å². The highest BCUT2D eigenvalue weighted by Crippen LogP contribution is 2.14. The molecule has 5 nitrogen and oxygen atoms in total. The Morgan fingerprint density at radius 1 is 1.30 bits per heavy atom. The first kappa shape index (κ1) is 14.8. The molecule has 0 unspecified atom stereocenters. The maximum Gasteiger partial charge on any atom is 0.119 e. The number of hydrogen-bond donors (Lipinski definition) is 1. The van der Waals surface area contributed by atoms with Crippen LogP contribution in [0.5, 0.6) is 5.75 Å². The molecule has 0 spiro atoms. The van der Waals surface area contributed by atoms with Gasteiger partial charge in [0.15, 0.2) is 0 Å². The van der Waals surface area contributed by atoms with Gasteiger partial charge in [-0.2, -0.15) is 0 Å². The molecular formula is C15H22N2O3. The van der Waals surface area contributed by atoms with Crippen LogP contribution in [0.25, 0.3) is 0 Å². The lowest BCUT2D eigenvalue weighted by Crippen LogP contribution is -3.11. The zero-order chi connectivity index (χ0) is 14.4. The van der Waals surface area contributed by atoms with E-state index < -0.39 is 5.97 Å². The second kappa shape index (κ2) is 7.26. The van der Waals surface area contributed by atoms with Crippen molar-refractivity contribution in [3.63, 3.8) is 0 Å². The Morgan fingerprint density at radius 3 is 2.55 bits per heavy atom. The summed E-state index contributed by atoms with van der Waals surface area (Å²) in [5.74, 6) is -0.378. The van der Waals surface area contributed by atoms with Crippen LogP contribution in [0.1, 0.15) is 12.0 Å². The summed E-state index contributed by atoms with van der Waals surface area (Å²) in [6.45, 7) is 5.79. The minimum atomic E-state index is -1.08. The first-order valence-corrected chi connectivity index (χ1v) is 7.09. The van der Waals surface area contributed by atoms with Crippen LogP contribution in [0.2, 0.25) is 0 Å². The topological polar surface area (TPSA) is 57.0 Å². The average Bonchev–Trinajstić information content (AvgIpc) is 2.43. The van der Waals surface area contributed by atoms with Crippen LogP contribution in [0.3, 0.4) is 0 Å². The fourth-order valence-electron chi connectivity index (χ4n) is 2.29. The van der Waals surface area contributed by atoms with E-state index in [9.17, 15) is 9.90 Å². The number of carbonyl (C=O) groups excluding carboxylic acids is 1. The number of piperazine rings is 1. The highest BCUT2D eigenvalue weighted by Gasteiger charge is 2.16. The summed E-state index contributed by atoms with van der Waals surface area (Å²) >= 11 is 0. The van der Waals surface area contributed by atoms with E-state index >= 15 is 0 Å². The number of carbonyl (C=O) groups is 1. The monoisotopic (exact) mass is 278 g/mol. The number of aliphatic carboxylic acids is 1. The number of nitrogens with one attached hydrogen (secondary N) is 1. The van der Waals surface area contributed by atoms with Gasteiger partial charge in [-0.1, -0.05) is 12.1 Å². The number of nitrogens with zero attached hydrogens (tertiary/aromatic N) is 1. The van der Waals surface area contributed by atoms with Crippen LogP contribution in [-0.2, 0) is 11.3 Å². The van der Waals surface area contributed by atoms with Crippen LogP contribution in [-0.4, -0.2) is 50.7 Å². The Hall–Kier alpha value is -1.59. The van der Waals surface area contributed by atoms with Crippen LogP contribution in [0.15, 0.2) is 24.3 Å². The van der Waals surface area contributed by atoms with Crippen molar-refractivity contribution in [3.05, 3.63) is 29.8 Å². The molecule has 110 valence electrons. The zero-order valence-corrected chi connectivity index (χ0v) is 11.9. The van der Waals surface area contributed by atoms with Crippen molar-refractivity contribution >= 4 is 5.97 Å². The molecule has 0 aliphatic carbocycles. The van der Waals surface area contributed by atoms with Crippen molar-refractivity contribution in [1.82, 2.24) is 4.90 Å². The van der Waals surface area contributed by atoms with Crippen molar-refractivity contribution < 1.29 is 19.5 Å². The van der Waals surface area contributed by atoms with E-state index in [2.05, 4.69) is 11.9 Å². The van der Waals surface area contributed by atoms with E-state index in [0.717, 1.165) is 19.6 Å². The molecule has 0 atom stereocenters. The molecule has 1 aliphatic heterocycles. The lowest BCUT2D eigenvalue weighted by molar-refractivity contribution is -0.884. The first-order valence-electron chi connectivity index (χ1n) is 7.09. The van der Waals surface area contributed by atoms with Crippen LogP contribution in [0.4, 0.5) is 0 Å². The van der Waals surface area contributed by atoms with Gasteiger partial charge in [-0.15, -0.1) is 0 Å². The van der Waals surface area contributed by atoms with E-state index in [4.69, 9.17) is 4.74 Å². The van der Waals surface area contributed by atoms with Gasteiger partial charge in [-0.25, -0.2) is 0 Å². The standard InChI is InChI=1S/C15H22N2O3/c1-16-7-9-17(10-8-16)12-13-2-4-14(5-3-13)20-11-6-15(18)19/h2-5H,6-12H2,1H3,(H,18,19). The van der Waals surface area contributed by atoms with E-state index in [1.165, 1.54) is 18.7 Å². The Bertz CT molecular complexity index is 425. The Kier molecular flexibility index (Phi) is 5.38. The van der Waals surface area contributed by atoms with Gasteiger partial charge in [0.2, 0.25) is 0 Å². The van der Waals surface area contributed by atoms with Crippen molar-refractivity contribution in [1.29, 1.82) is 0 Å². The summed E-state index contributed by atoms with van der Waals surface area (Å²) in [5.41, 5.74) is 1.26. The lowest BCUT2D eigenvalue weighted by atomic mass is 10.2. The fourth-order valence-corrected chi connectivity index (χ4v) is 2.29. The summed E-state index contributed by atoms with van der Waals surface area (Å²) in [5, 5.41) is 10.3.